The summed E-state index contributed by atoms with van der Waals surface area (Å²) in [5, 5.41) is 15.5. The van der Waals surface area contributed by atoms with Gasteiger partial charge in [-0.25, -0.2) is 4.79 Å². The molecule has 1 aliphatic rings. The number of amides is 2. The van der Waals surface area contributed by atoms with Crippen LogP contribution in [0.5, 0.6) is 0 Å². The lowest BCUT2D eigenvalue weighted by Crippen LogP contribution is -2.43. The van der Waals surface area contributed by atoms with E-state index in [2.05, 4.69) is 24.5 Å². The maximum absolute atomic E-state index is 12.5. The highest BCUT2D eigenvalue weighted by atomic mass is 16.3. The van der Waals surface area contributed by atoms with E-state index in [-0.39, 0.29) is 24.1 Å². The average Bonchev–Trinajstić information content (AvgIpc) is 2.92. The van der Waals surface area contributed by atoms with Crippen molar-refractivity contribution in [3.63, 3.8) is 0 Å². The topological polar surface area (TPSA) is 74.5 Å². The van der Waals surface area contributed by atoms with Crippen molar-refractivity contribution < 1.29 is 14.3 Å². The van der Waals surface area contributed by atoms with Gasteiger partial charge in [0.25, 0.3) is 0 Å². The van der Waals surface area contributed by atoms with Gasteiger partial charge >= 0.3 is 6.03 Å². The normalized spacial score (nSPS) is 19.8. The number of urea groups is 1. The maximum atomic E-state index is 12.5. The Balaban J connectivity index is 1.72. The summed E-state index contributed by atoms with van der Waals surface area (Å²) in [7, 11) is 0. The number of aryl methyl sites for hydroxylation is 1. The van der Waals surface area contributed by atoms with E-state index in [4.69, 9.17) is 4.42 Å². The third-order valence-corrected chi connectivity index (χ3v) is 4.73. The zero-order valence-electron chi connectivity index (χ0n) is 15.0. The second kappa shape index (κ2) is 6.92. The molecule has 2 atom stereocenters. The fourth-order valence-electron chi connectivity index (χ4n) is 3.59. The predicted molar refractivity (Wildman–Crippen MR) is 96.2 cm³/mol. The lowest BCUT2D eigenvalue weighted by atomic mass is 9.75. The summed E-state index contributed by atoms with van der Waals surface area (Å²) in [6, 6.07) is 10.7. The van der Waals surface area contributed by atoms with E-state index >= 15 is 0 Å². The van der Waals surface area contributed by atoms with Crippen molar-refractivity contribution in [2.75, 3.05) is 6.61 Å². The quantitative estimate of drug-likeness (QED) is 0.794. The second-order valence-electron chi connectivity index (χ2n) is 7.60. The highest BCUT2D eigenvalue weighted by Gasteiger charge is 2.35. The maximum Gasteiger partial charge on any atom is 0.315 e. The number of nitrogens with one attached hydrogen (secondary N) is 2. The van der Waals surface area contributed by atoms with Crippen LogP contribution in [-0.2, 0) is 6.42 Å². The van der Waals surface area contributed by atoms with Crippen LogP contribution in [0.25, 0.3) is 0 Å². The number of benzene rings is 1. The van der Waals surface area contributed by atoms with Gasteiger partial charge in [-0.05, 0) is 30.4 Å². The molecule has 1 heterocycles. The first-order chi connectivity index (χ1) is 11.9. The molecule has 25 heavy (non-hydrogen) atoms. The Bertz CT molecular complexity index is 737. The van der Waals surface area contributed by atoms with Crippen LogP contribution in [0, 0.1) is 12.3 Å². The van der Waals surface area contributed by atoms with Crippen molar-refractivity contribution in [1.82, 2.24) is 10.6 Å². The van der Waals surface area contributed by atoms with E-state index in [1.807, 2.05) is 43.3 Å². The Morgan fingerprint density at radius 3 is 2.76 bits per heavy atom. The van der Waals surface area contributed by atoms with E-state index in [1.165, 1.54) is 0 Å². The van der Waals surface area contributed by atoms with Crippen LogP contribution in [0.4, 0.5) is 4.79 Å². The molecule has 3 N–H and O–H groups in total. The third-order valence-electron chi connectivity index (χ3n) is 4.73. The van der Waals surface area contributed by atoms with Gasteiger partial charge in [0.05, 0.1) is 18.7 Å². The molecule has 0 bridgehead atoms. The number of aliphatic hydroxyl groups excluding tert-OH is 1. The molecule has 1 aliphatic carbocycles. The SMILES string of the molecule is Cc1cc2c(o1)CC(C)(C)CC2NC(=O)NC(CO)c1ccccc1. The molecule has 5 nitrogen and oxygen atoms in total. The van der Waals surface area contributed by atoms with E-state index in [1.54, 1.807) is 0 Å². The first kappa shape index (κ1) is 17.5. The molecule has 0 fully saturated rings. The van der Waals surface area contributed by atoms with Crippen molar-refractivity contribution in [1.29, 1.82) is 0 Å². The highest BCUT2D eigenvalue weighted by molar-refractivity contribution is 5.75. The smallest absolute Gasteiger partial charge is 0.315 e. The van der Waals surface area contributed by atoms with Gasteiger partial charge in [-0.1, -0.05) is 44.2 Å². The number of rotatable bonds is 4. The van der Waals surface area contributed by atoms with Gasteiger partial charge in [0.1, 0.15) is 11.5 Å². The van der Waals surface area contributed by atoms with Crippen LogP contribution in [0.3, 0.4) is 0 Å². The summed E-state index contributed by atoms with van der Waals surface area (Å²) in [5.41, 5.74) is 2.00. The fourth-order valence-corrected chi connectivity index (χ4v) is 3.59. The summed E-state index contributed by atoms with van der Waals surface area (Å²) in [6.45, 7) is 6.14. The Kier molecular flexibility index (Phi) is 4.86. The zero-order valence-corrected chi connectivity index (χ0v) is 15.0. The second-order valence-corrected chi connectivity index (χ2v) is 7.60. The molecule has 5 heteroatoms. The van der Waals surface area contributed by atoms with Gasteiger partial charge in [0, 0.05) is 12.0 Å². The minimum atomic E-state index is -0.427. The molecule has 3 rings (SSSR count). The van der Waals surface area contributed by atoms with Gasteiger partial charge in [-0.15, -0.1) is 0 Å². The Morgan fingerprint density at radius 1 is 1.36 bits per heavy atom. The summed E-state index contributed by atoms with van der Waals surface area (Å²) in [4.78, 5) is 12.5. The number of hydrogen-bond donors (Lipinski definition) is 3. The molecule has 134 valence electrons. The lowest BCUT2D eigenvalue weighted by Gasteiger charge is -2.35. The largest absolute Gasteiger partial charge is 0.466 e. The monoisotopic (exact) mass is 342 g/mol. The summed E-state index contributed by atoms with van der Waals surface area (Å²) in [5.74, 6) is 1.83. The van der Waals surface area contributed by atoms with Gasteiger partial charge < -0.3 is 20.2 Å². The van der Waals surface area contributed by atoms with E-state index in [0.717, 1.165) is 35.5 Å². The first-order valence-corrected chi connectivity index (χ1v) is 8.70. The average molecular weight is 342 g/mol. The van der Waals surface area contributed by atoms with Crippen LogP contribution in [0.1, 0.15) is 55.0 Å². The first-order valence-electron chi connectivity index (χ1n) is 8.70. The number of furan rings is 1. The highest BCUT2D eigenvalue weighted by Crippen LogP contribution is 2.41. The molecule has 0 saturated carbocycles. The minimum absolute atomic E-state index is 0.0606. The van der Waals surface area contributed by atoms with Crippen molar-refractivity contribution in [2.24, 2.45) is 5.41 Å². The predicted octanol–water partition coefficient (Wildman–Crippen LogP) is 3.63. The van der Waals surface area contributed by atoms with Gasteiger partial charge in [-0.2, -0.15) is 0 Å². The molecule has 2 aromatic rings. The Morgan fingerprint density at radius 2 is 2.08 bits per heavy atom. The molecule has 0 radical (unpaired) electrons. The van der Waals surface area contributed by atoms with E-state index in [0.29, 0.717) is 0 Å². The van der Waals surface area contributed by atoms with Gasteiger partial charge in [-0.3, -0.25) is 0 Å². The molecule has 2 amide bonds. The van der Waals surface area contributed by atoms with Crippen LogP contribution in [0.2, 0.25) is 0 Å². The molecule has 1 aromatic heterocycles. The molecule has 2 unspecified atom stereocenters. The molecule has 0 spiro atoms. The van der Waals surface area contributed by atoms with Crippen molar-refractivity contribution in [3.8, 4) is 0 Å². The zero-order chi connectivity index (χ0) is 18.0. The van der Waals surface area contributed by atoms with Crippen LogP contribution in [0.15, 0.2) is 40.8 Å². The van der Waals surface area contributed by atoms with Crippen molar-refractivity contribution in [3.05, 3.63) is 59.0 Å². The van der Waals surface area contributed by atoms with Crippen LogP contribution < -0.4 is 10.6 Å². The summed E-state index contributed by atoms with van der Waals surface area (Å²) < 4.78 is 5.81. The molecular formula is C20H26N2O3. The minimum Gasteiger partial charge on any atom is -0.466 e. The van der Waals surface area contributed by atoms with Crippen LogP contribution >= 0.6 is 0 Å². The molecule has 0 aliphatic heterocycles. The number of carbonyl (C=O) groups is 1. The summed E-state index contributed by atoms with van der Waals surface area (Å²) >= 11 is 0. The third kappa shape index (κ3) is 4.04. The number of fused-ring (bicyclic) bond motifs is 1. The number of carbonyl (C=O) groups excluding carboxylic acids is 1. The summed E-state index contributed by atoms with van der Waals surface area (Å²) in [6.07, 6.45) is 1.72. The molecule has 0 saturated heterocycles. The Hall–Kier alpha value is -2.27. The van der Waals surface area contributed by atoms with Gasteiger partial charge in [0.2, 0.25) is 0 Å². The molecular weight excluding hydrogens is 316 g/mol. The molecule has 1 aromatic carbocycles. The van der Waals surface area contributed by atoms with E-state index in [9.17, 15) is 9.90 Å². The van der Waals surface area contributed by atoms with Crippen molar-refractivity contribution in [2.45, 2.75) is 45.7 Å². The van der Waals surface area contributed by atoms with Gasteiger partial charge in [0.15, 0.2) is 0 Å². The fraction of sp³-hybridized carbons (Fsp3) is 0.450. The number of hydrogen-bond acceptors (Lipinski definition) is 3. The Labute approximate surface area is 148 Å². The standard InChI is InChI=1S/C20H26N2O3/c1-13-9-15-16(10-20(2,3)11-18(15)25-13)21-19(24)22-17(12-23)14-7-5-4-6-8-14/h4-9,16-17,23H,10-12H2,1-3H3,(H2,21,22,24). The lowest BCUT2D eigenvalue weighted by molar-refractivity contribution is 0.201. The number of aliphatic hydroxyl groups is 1. The van der Waals surface area contributed by atoms with Crippen LogP contribution in [-0.4, -0.2) is 17.7 Å². The van der Waals surface area contributed by atoms with Crippen molar-refractivity contribution >= 4 is 6.03 Å². The van der Waals surface area contributed by atoms with E-state index < -0.39 is 6.04 Å².